The minimum absolute atomic E-state index is 0.0107. The lowest BCUT2D eigenvalue weighted by atomic mass is 9.88. The number of amides is 1. The lowest BCUT2D eigenvalue weighted by molar-refractivity contribution is -0.121. The minimum atomic E-state index is -0.273. The van der Waals surface area contributed by atoms with Gasteiger partial charge >= 0.3 is 0 Å². The number of nitrogens with zero attached hydrogens (tertiary/aromatic N) is 1. The van der Waals surface area contributed by atoms with Crippen LogP contribution in [-0.2, 0) is 11.3 Å². The summed E-state index contributed by atoms with van der Waals surface area (Å²) in [5.41, 5.74) is 5.62. The fourth-order valence-corrected chi connectivity index (χ4v) is 4.20. The van der Waals surface area contributed by atoms with Crippen molar-refractivity contribution < 1.29 is 9.18 Å². The molecule has 0 aliphatic heterocycles. The van der Waals surface area contributed by atoms with Crippen LogP contribution >= 0.6 is 0 Å². The number of rotatable bonds is 8. The van der Waals surface area contributed by atoms with Crippen LogP contribution in [0.2, 0.25) is 0 Å². The van der Waals surface area contributed by atoms with E-state index < -0.39 is 0 Å². The van der Waals surface area contributed by atoms with E-state index in [0.717, 1.165) is 35.0 Å². The van der Waals surface area contributed by atoms with Gasteiger partial charge < -0.3 is 9.88 Å². The average Bonchev–Trinajstić information content (AvgIpc) is 3.16. The van der Waals surface area contributed by atoms with Gasteiger partial charge in [-0.25, -0.2) is 4.39 Å². The van der Waals surface area contributed by atoms with Crippen LogP contribution in [0.4, 0.5) is 4.39 Å². The largest absolute Gasteiger partial charge is 0.356 e. The van der Waals surface area contributed by atoms with Gasteiger partial charge in [-0.3, -0.25) is 4.79 Å². The Morgan fingerprint density at radius 2 is 1.72 bits per heavy atom. The van der Waals surface area contributed by atoms with E-state index in [2.05, 4.69) is 59.4 Å². The highest BCUT2D eigenvalue weighted by molar-refractivity contribution is 5.86. The Bertz CT molecular complexity index is 1190. The van der Waals surface area contributed by atoms with Crippen molar-refractivity contribution in [2.75, 3.05) is 6.54 Å². The van der Waals surface area contributed by atoms with Gasteiger partial charge in [0, 0.05) is 42.5 Å². The summed E-state index contributed by atoms with van der Waals surface area (Å²) in [5.74, 6) is -0.419. The lowest BCUT2D eigenvalue weighted by Gasteiger charge is -2.17. The molecule has 0 bridgehead atoms. The summed E-state index contributed by atoms with van der Waals surface area (Å²) in [6.45, 7) is 5.53. The van der Waals surface area contributed by atoms with Crippen molar-refractivity contribution in [3.05, 3.63) is 107 Å². The molecular weight excluding hydrogens is 399 g/mol. The summed E-state index contributed by atoms with van der Waals surface area (Å²) >= 11 is 0. The van der Waals surface area contributed by atoms with Gasteiger partial charge in [-0.2, -0.15) is 0 Å². The van der Waals surface area contributed by atoms with Crippen molar-refractivity contribution >= 4 is 16.8 Å². The average molecular weight is 429 g/mol. The first-order valence-electron chi connectivity index (χ1n) is 11.2. The second-order valence-electron chi connectivity index (χ2n) is 8.37. The Labute approximate surface area is 188 Å². The number of halogens is 1. The third kappa shape index (κ3) is 4.91. The van der Waals surface area contributed by atoms with E-state index in [0.29, 0.717) is 13.0 Å². The van der Waals surface area contributed by atoms with E-state index in [4.69, 9.17) is 0 Å². The summed E-state index contributed by atoms with van der Waals surface area (Å²) in [7, 11) is 0. The number of hydrogen-bond acceptors (Lipinski definition) is 1. The zero-order valence-electron chi connectivity index (χ0n) is 18.6. The molecule has 1 heterocycles. The Hall–Kier alpha value is -3.40. The molecule has 32 heavy (non-hydrogen) atoms. The SMILES string of the molecule is CCCNC(=O)C[C@@H](c1ccc(F)cc1)c1cn(Cc2ccc(C)cc2)c2ccccc12. The maximum atomic E-state index is 13.6. The third-order valence-corrected chi connectivity index (χ3v) is 5.90. The molecule has 164 valence electrons. The molecule has 4 rings (SSSR count). The van der Waals surface area contributed by atoms with Crippen molar-refractivity contribution in [2.24, 2.45) is 0 Å². The van der Waals surface area contributed by atoms with Gasteiger partial charge in [0.25, 0.3) is 0 Å². The van der Waals surface area contributed by atoms with Gasteiger partial charge in [-0.05, 0) is 48.2 Å². The second-order valence-corrected chi connectivity index (χ2v) is 8.37. The highest BCUT2D eigenvalue weighted by Crippen LogP contribution is 2.35. The molecule has 0 saturated carbocycles. The first kappa shape index (κ1) is 21.8. The molecular formula is C28H29FN2O. The standard InChI is InChI=1S/C28H29FN2O/c1-3-16-30-28(32)17-25(22-12-14-23(29)15-13-22)26-19-31(27-7-5-4-6-24(26)27)18-21-10-8-20(2)9-11-21/h4-15,19,25H,3,16-18H2,1-2H3,(H,30,32)/t25-/m0/s1. The Morgan fingerprint density at radius 1 is 1.00 bits per heavy atom. The van der Waals surface area contributed by atoms with Crippen LogP contribution in [0.25, 0.3) is 10.9 Å². The molecule has 0 aliphatic carbocycles. The van der Waals surface area contributed by atoms with Crippen LogP contribution in [0, 0.1) is 12.7 Å². The van der Waals surface area contributed by atoms with Crippen LogP contribution in [0.5, 0.6) is 0 Å². The maximum absolute atomic E-state index is 13.6. The predicted octanol–water partition coefficient (Wildman–Crippen LogP) is 6.19. The van der Waals surface area contributed by atoms with Crippen molar-refractivity contribution in [1.82, 2.24) is 9.88 Å². The van der Waals surface area contributed by atoms with Gasteiger partial charge in [0.05, 0.1) is 0 Å². The second kappa shape index (κ2) is 9.82. The van der Waals surface area contributed by atoms with Gasteiger partial charge in [-0.15, -0.1) is 0 Å². The van der Waals surface area contributed by atoms with E-state index in [-0.39, 0.29) is 17.6 Å². The number of benzene rings is 3. The quantitative estimate of drug-likeness (QED) is 0.357. The number of carbonyl (C=O) groups is 1. The molecule has 0 saturated heterocycles. The number of aryl methyl sites for hydroxylation is 1. The molecule has 1 N–H and O–H groups in total. The molecule has 0 radical (unpaired) electrons. The Morgan fingerprint density at radius 3 is 2.44 bits per heavy atom. The highest BCUT2D eigenvalue weighted by Gasteiger charge is 2.23. The van der Waals surface area contributed by atoms with Gasteiger partial charge in [0.1, 0.15) is 5.82 Å². The van der Waals surface area contributed by atoms with E-state index in [1.807, 2.05) is 19.1 Å². The molecule has 1 atom stereocenters. The summed E-state index contributed by atoms with van der Waals surface area (Å²) in [4.78, 5) is 12.7. The Kier molecular flexibility index (Phi) is 6.69. The summed E-state index contributed by atoms with van der Waals surface area (Å²) in [6, 6.07) is 23.4. The number of hydrogen-bond donors (Lipinski definition) is 1. The zero-order valence-corrected chi connectivity index (χ0v) is 18.6. The predicted molar refractivity (Wildman–Crippen MR) is 128 cm³/mol. The molecule has 3 aromatic carbocycles. The summed E-state index contributed by atoms with van der Waals surface area (Å²) < 4.78 is 15.9. The van der Waals surface area contributed by atoms with Gasteiger partial charge in [0.2, 0.25) is 5.91 Å². The molecule has 0 fully saturated rings. The smallest absolute Gasteiger partial charge is 0.220 e. The number of fused-ring (bicyclic) bond motifs is 1. The van der Waals surface area contributed by atoms with Crippen LogP contribution in [-0.4, -0.2) is 17.0 Å². The Balaban J connectivity index is 1.76. The van der Waals surface area contributed by atoms with Gasteiger partial charge in [-0.1, -0.05) is 67.1 Å². The fraction of sp³-hybridized carbons (Fsp3) is 0.250. The number of para-hydroxylation sites is 1. The molecule has 1 amide bonds. The molecule has 4 heteroatoms. The molecule has 0 spiro atoms. The molecule has 4 aromatic rings. The molecule has 3 nitrogen and oxygen atoms in total. The minimum Gasteiger partial charge on any atom is -0.356 e. The summed E-state index contributed by atoms with van der Waals surface area (Å²) in [6.07, 6.45) is 3.37. The van der Waals surface area contributed by atoms with E-state index in [1.165, 1.54) is 23.3 Å². The van der Waals surface area contributed by atoms with Gasteiger partial charge in [0.15, 0.2) is 0 Å². The topological polar surface area (TPSA) is 34.0 Å². The normalized spacial score (nSPS) is 12.1. The zero-order chi connectivity index (χ0) is 22.5. The van der Waals surface area contributed by atoms with Crippen LogP contribution in [0.15, 0.2) is 79.0 Å². The lowest BCUT2D eigenvalue weighted by Crippen LogP contribution is -2.26. The monoisotopic (exact) mass is 428 g/mol. The van der Waals surface area contributed by atoms with E-state index in [1.54, 1.807) is 12.1 Å². The molecule has 0 aliphatic rings. The van der Waals surface area contributed by atoms with E-state index in [9.17, 15) is 9.18 Å². The summed E-state index contributed by atoms with van der Waals surface area (Å²) in [5, 5.41) is 4.12. The van der Waals surface area contributed by atoms with Crippen LogP contribution < -0.4 is 5.32 Å². The van der Waals surface area contributed by atoms with E-state index >= 15 is 0 Å². The number of aromatic nitrogens is 1. The molecule has 1 aromatic heterocycles. The van der Waals surface area contributed by atoms with Crippen molar-refractivity contribution in [2.45, 2.75) is 39.2 Å². The maximum Gasteiger partial charge on any atom is 0.220 e. The van der Waals surface area contributed by atoms with Crippen molar-refractivity contribution in [1.29, 1.82) is 0 Å². The first-order valence-corrected chi connectivity index (χ1v) is 11.2. The fourth-order valence-electron chi connectivity index (χ4n) is 4.20. The van der Waals surface area contributed by atoms with Crippen molar-refractivity contribution in [3.63, 3.8) is 0 Å². The van der Waals surface area contributed by atoms with Crippen LogP contribution in [0.1, 0.15) is 47.9 Å². The number of carbonyl (C=O) groups excluding carboxylic acids is 1. The van der Waals surface area contributed by atoms with Crippen LogP contribution in [0.3, 0.4) is 0 Å². The first-order chi connectivity index (χ1) is 15.5. The number of nitrogens with one attached hydrogen (secondary N) is 1. The molecule has 0 unspecified atom stereocenters. The highest BCUT2D eigenvalue weighted by atomic mass is 19.1. The third-order valence-electron chi connectivity index (χ3n) is 5.90. The van der Waals surface area contributed by atoms with Crippen molar-refractivity contribution in [3.8, 4) is 0 Å².